The number of unbranched alkanes of at least 4 members (excludes halogenated alkanes) is 4. The maximum absolute atomic E-state index is 8.63. The first-order valence-corrected chi connectivity index (χ1v) is 9.99. The molecule has 4 nitrogen and oxygen atoms in total. The largest absolute Gasteiger partial charge is 0.781 e. The van der Waals surface area contributed by atoms with Crippen LogP contribution >= 0.6 is 8.25 Å². The van der Waals surface area contributed by atoms with E-state index in [1.165, 1.54) is 82.0 Å². The number of nitrogens with zero attached hydrogens (tertiary/aromatic N) is 1. The summed E-state index contributed by atoms with van der Waals surface area (Å²) in [5, 5.41) is 0. The Morgan fingerprint density at radius 3 is 1.10 bits per heavy atom. The summed E-state index contributed by atoms with van der Waals surface area (Å²) in [7, 11) is -3.38. The summed E-state index contributed by atoms with van der Waals surface area (Å²) in [4.78, 5) is 15.7. The molecule has 0 aromatic carbocycles. The molecule has 0 bridgehead atoms. The average Bonchev–Trinajstić information content (AvgIpc) is 2.45. The van der Waals surface area contributed by atoms with E-state index >= 15 is 0 Å². The van der Waals surface area contributed by atoms with Gasteiger partial charge in [0.1, 0.15) is 8.25 Å². The first-order chi connectivity index (χ1) is 9.97. The molecule has 0 fully saturated rings. The third-order valence-corrected chi connectivity index (χ3v) is 3.94. The number of quaternary nitrogens is 1. The van der Waals surface area contributed by atoms with E-state index in [2.05, 4.69) is 27.7 Å². The summed E-state index contributed by atoms with van der Waals surface area (Å²) in [6, 6.07) is 0. The maximum Gasteiger partial charge on any atom is 0.119 e. The van der Waals surface area contributed by atoms with Crippen molar-refractivity contribution >= 4 is 8.25 Å². The van der Waals surface area contributed by atoms with Crippen molar-refractivity contribution in [3.8, 4) is 0 Å². The molecule has 130 valence electrons. The van der Waals surface area contributed by atoms with Gasteiger partial charge in [-0.1, -0.05) is 53.4 Å². The number of hydrogen-bond donors (Lipinski definition) is 1. The normalized spacial score (nSPS) is 12.7. The Labute approximate surface area is 133 Å². The fraction of sp³-hybridized carbons (Fsp3) is 1.00. The monoisotopic (exact) mass is 323 g/mol. The molecule has 0 spiro atoms. The maximum atomic E-state index is 8.63. The van der Waals surface area contributed by atoms with Gasteiger partial charge in [-0.2, -0.15) is 0 Å². The molecule has 1 unspecified atom stereocenters. The van der Waals surface area contributed by atoms with Crippen molar-refractivity contribution in [1.82, 2.24) is 0 Å². The molecule has 0 aromatic rings. The zero-order chi connectivity index (χ0) is 16.6. The molecular formula is C16H38NO3P. The highest BCUT2D eigenvalue weighted by molar-refractivity contribution is 7.29. The van der Waals surface area contributed by atoms with Crippen LogP contribution in [0.15, 0.2) is 0 Å². The summed E-state index contributed by atoms with van der Waals surface area (Å²) >= 11 is 0. The van der Waals surface area contributed by atoms with E-state index in [4.69, 9.17) is 14.4 Å². The molecule has 1 atom stereocenters. The Kier molecular flexibility index (Phi) is 18.3. The average molecular weight is 323 g/mol. The molecule has 0 aliphatic heterocycles. The van der Waals surface area contributed by atoms with Crippen molar-refractivity contribution in [3.63, 3.8) is 0 Å². The van der Waals surface area contributed by atoms with Crippen LogP contribution in [0.25, 0.3) is 0 Å². The predicted molar refractivity (Wildman–Crippen MR) is 90.6 cm³/mol. The third-order valence-electron chi connectivity index (χ3n) is 3.94. The fourth-order valence-corrected chi connectivity index (χ4v) is 2.64. The van der Waals surface area contributed by atoms with Gasteiger partial charge in [0.15, 0.2) is 0 Å². The minimum Gasteiger partial charge on any atom is -0.781 e. The van der Waals surface area contributed by atoms with Crippen LogP contribution in [0.4, 0.5) is 0 Å². The quantitative estimate of drug-likeness (QED) is 0.440. The van der Waals surface area contributed by atoms with Crippen molar-refractivity contribution in [3.05, 3.63) is 0 Å². The van der Waals surface area contributed by atoms with Gasteiger partial charge in [-0.3, -0.25) is 0 Å². The lowest BCUT2D eigenvalue weighted by molar-refractivity contribution is -0.929. The van der Waals surface area contributed by atoms with E-state index < -0.39 is 8.25 Å². The minimum atomic E-state index is -3.38. The molecule has 0 aliphatic carbocycles. The molecule has 0 saturated heterocycles. The number of hydrogen-bond acceptors (Lipinski definition) is 2. The molecule has 0 aliphatic rings. The van der Waals surface area contributed by atoms with Crippen molar-refractivity contribution in [2.75, 3.05) is 26.2 Å². The van der Waals surface area contributed by atoms with E-state index in [1.54, 1.807) is 0 Å². The van der Waals surface area contributed by atoms with Gasteiger partial charge in [0, 0.05) is 0 Å². The van der Waals surface area contributed by atoms with Gasteiger partial charge in [-0.05, 0) is 25.7 Å². The van der Waals surface area contributed by atoms with Crippen LogP contribution in [0.2, 0.25) is 0 Å². The van der Waals surface area contributed by atoms with Crippen LogP contribution in [0, 0.1) is 0 Å². The zero-order valence-electron chi connectivity index (χ0n) is 14.7. The lowest BCUT2D eigenvalue weighted by atomic mass is 10.1. The fourth-order valence-electron chi connectivity index (χ4n) is 2.64. The predicted octanol–water partition coefficient (Wildman–Crippen LogP) is 3.73. The van der Waals surface area contributed by atoms with Crippen molar-refractivity contribution in [1.29, 1.82) is 0 Å². The lowest BCUT2D eigenvalue weighted by Crippen LogP contribution is -2.50. The SMILES string of the molecule is CCCC[N+](CCCC)(CCCC)CCCC.O=[PH]([O-])O. The minimum absolute atomic E-state index is 1.35. The molecule has 5 heteroatoms. The molecule has 0 amide bonds. The Morgan fingerprint density at radius 2 is 0.952 bits per heavy atom. The van der Waals surface area contributed by atoms with Gasteiger partial charge in [0.05, 0.1) is 26.2 Å². The van der Waals surface area contributed by atoms with Crippen molar-refractivity contribution < 1.29 is 18.8 Å². The van der Waals surface area contributed by atoms with E-state index in [0.29, 0.717) is 0 Å². The third kappa shape index (κ3) is 16.3. The zero-order valence-corrected chi connectivity index (χ0v) is 15.7. The standard InChI is InChI=1S/C16H36N.H3O3P/c1-5-9-13-17(14-10-6-2,15-11-7-3)16-12-8-4;1-4(2)3/h5-16H2,1-4H3;4H,(H2,1,2,3)/q+1;/p-1. The van der Waals surface area contributed by atoms with Crippen molar-refractivity contribution in [2.24, 2.45) is 0 Å². The number of rotatable bonds is 12. The van der Waals surface area contributed by atoms with Gasteiger partial charge >= 0.3 is 0 Å². The van der Waals surface area contributed by atoms with Crippen LogP contribution < -0.4 is 4.89 Å². The van der Waals surface area contributed by atoms with Crippen molar-refractivity contribution in [2.45, 2.75) is 79.1 Å². The Hall–Kier alpha value is 0.110. The Bertz CT molecular complexity index is 196. The summed E-state index contributed by atoms with van der Waals surface area (Å²) in [6.07, 6.45) is 11.1. The van der Waals surface area contributed by atoms with Gasteiger partial charge < -0.3 is 18.8 Å². The second-order valence-electron chi connectivity index (χ2n) is 5.92. The van der Waals surface area contributed by atoms with Crippen LogP contribution in [-0.4, -0.2) is 35.6 Å². The van der Waals surface area contributed by atoms with E-state index in [9.17, 15) is 0 Å². The molecule has 0 rings (SSSR count). The second-order valence-corrected chi connectivity index (χ2v) is 6.45. The van der Waals surface area contributed by atoms with E-state index in [0.717, 1.165) is 0 Å². The van der Waals surface area contributed by atoms with Gasteiger partial charge in [-0.15, -0.1) is 0 Å². The summed E-state index contributed by atoms with van der Waals surface area (Å²) in [5.74, 6) is 0. The smallest absolute Gasteiger partial charge is 0.119 e. The Morgan fingerprint density at radius 1 is 0.762 bits per heavy atom. The molecular weight excluding hydrogens is 285 g/mol. The summed E-state index contributed by atoms with van der Waals surface area (Å²) in [5.41, 5.74) is 0. The summed E-state index contributed by atoms with van der Waals surface area (Å²) in [6.45, 7) is 15.0. The molecule has 1 N–H and O–H groups in total. The molecule has 0 aromatic heterocycles. The van der Waals surface area contributed by atoms with Crippen LogP contribution in [0.3, 0.4) is 0 Å². The first-order valence-electron chi connectivity index (χ1n) is 8.73. The van der Waals surface area contributed by atoms with E-state index in [1.807, 2.05) is 0 Å². The van der Waals surface area contributed by atoms with Gasteiger partial charge in [0.2, 0.25) is 0 Å². The lowest BCUT2D eigenvalue weighted by Gasteiger charge is -2.39. The summed E-state index contributed by atoms with van der Waals surface area (Å²) < 4.78 is 10.0. The van der Waals surface area contributed by atoms with E-state index in [-0.39, 0.29) is 0 Å². The van der Waals surface area contributed by atoms with Gasteiger partial charge in [-0.25, -0.2) is 0 Å². The molecule has 0 radical (unpaired) electrons. The molecule has 0 saturated carbocycles. The molecule has 21 heavy (non-hydrogen) atoms. The van der Waals surface area contributed by atoms with Crippen LogP contribution in [0.1, 0.15) is 79.1 Å². The topological polar surface area (TPSA) is 60.4 Å². The van der Waals surface area contributed by atoms with Crippen LogP contribution in [-0.2, 0) is 4.57 Å². The first kappa shape index (κ1) is 23.4. The second kappa shape index (κ2) is 16.5. The highest BCUT2D eigenvalue weighted by Crippen LogP contribution is 2.16. The highest BCUT2D eigenvalue weighted by atomic mass is 31.1. The van der Waals surface area contributed by atoms with Gasteiger partial charge in [0.25, 0.3) is 0 Å². The Balaban J connectivity index is 0. The van der Waals surface area contributed by atoms with Crippen LogP contribution in [0.5, 0.6) is 0 Å². The highest BCUT2D eigenvalue weighted by Gasteiger charge is 2.24. The molecule has 0 heterocycles.